The molecule has 7 nitrogen and oxygen atoms in total. The fourth-order valence-corrected chi connectivity index (χ4v) is 6.82. The zero-order valence-electron chi connectivity index (χ0n) is 24.4. The first-order valence-electron chi connectivity index (χ1n) is 14.3. The molecule has 42 heavy (non-hydrogen) atoms. The molecule has 4 aromatic carbocycles. The Labute approximate surface area is 250 Å². The van der Waals surface area contributed by atoms with Crippen LogP contribution in [-0.2, 0) is 29.5 Å². The van der Waals surface area contributed by atoms with Crippen LogP contribution >= 0.6 is 0 Å². The summed E-state index contributed by atoms with van der Waals surface area (Å²) < 4.78 is 29.2. The van der Waals surface area contributed by atoms with Crippen molar-refractivity contribution in [3.05, 3.63) is 126 Å². The lowest BCUT2D eigenvalue weighted by molar-refractivity contribution is 0.0273. The SMILES string of the molecule is CC(C)CN(CC(O)C(Cc1ccccc1)N(Cc1ccccc1)Cc1ccccc1)S(=O)(=O)c1ccc(N)c(N)c1. The molecule has 4 rings (SSSR count). The third-order valence-electron chi connectivity index (χ3n) is 7.31. The zero-order chi connectivity index (χ0) is 30.1. The van der Waals surface area contributed by atoms with E-state index in [0.717, 1.165) is 16.7 Å². The van der Waals surface area contributed by atoms with Crippen LogP contribution in [0.1, 0.15) is 30.5 Å². The van der Waals surface area contributed by atoms with Crippen molar-refractivity contribution in [1.29, 1.82) is 0 Å². The molecule has 0 heterocycles. The number of nitrogens with two attached hydrogens (primary N) is 2. The van der Waals surface area contributed by atoms with Crippen molar-refractivity contribution in [2.24, 2.45) is 5.92 Å². The third kappa shape index (κ3) is 8.42. The minimum atomic E-state index is -3.96. The Morgan fingerprint density at radius 1 is 0.690 bits per heavy atom. The second-order valence-corrected chi connectivity index (χ2v) is 13.1. The molecule has 0 radical (unpaired) electrons. The predicted octanol–water partition coefficient (Wildman–Crippen LogP) is 5.17. The average Bonchev–Trinajstić information content (AvgIpc) is 2.98. The summed E-state index contributed by atoms with van der Waals surface area (Å²) in [6.07, 6.45) is -0.441. The molecule has 0 aromatic heterocycles. The number of anilines is 2. The van der Waals surface area contributed by atoms with E-state index in [-0.39, 0.29) is 35.6 Å². The molecule has 0 aliphatic rings. The first kappa shape index (κ1) is 31.3. The lowest BCUT2D eigenvalue weighted by atomic mass is 9.97. The van der Waals surface area contributed by atoms with Gasteiger partial charge in [0.2, 0.25) is 10.0 Å². The Hall–Kier alpha value is -3.69. The van der Waals surface area contributed by atoms with Crippen molar-refractivity contribution in [3.63, 3.8) is 0 Å². The molecule has 0 fully saturated rings. The van der Waals surface area contributed by atoms with Gasteiger partial charge >= 0.3 is 0 Å². The van der Waals surface area contributed by atoms with E-state index in [0.29, 0.717) is 25.2 Å². The van der Waals surface area contributed by atoms with E-state index < -0.39 is 16.1 Å². The van der Waals surface area contributed by atoms with Crippen molar-refractivity contribution < 1.29 is 13.5 Å². The predicted molar refractivity (Wildman–Crippen MR) is 171 cm³/mol. The van der Waals surface area contributed by atoms with Gasteiger partial charge in [0.25, 0.3) is 0 Å². The summed E-state index contributed by atoms with van der Waals surface area (Å²) in [5.74, 6) is 0.0374. The van der Waals surface area contributed by atoms with Gasteiger partial charge in [0.05, 0.1) is 22.4 Å². The van der Waals surface area contributed by atoms with Crippen molar-refractivity contribution in [3.8, 4) is 0 Å². The largest absolute Gasteiger partial charge is 0.397 e. The molecule has 0 aliphatic heterocycles. The van der Waals surface area contributed by atoms with Crippen LogP contribution in [0.2, 0.25) is 0 Å². The molecule has 0 aliphatic carbocycles. The number of benzene rings is 4. The maximum Gasteiger partial charge on any atom is 0.243 e. The maximum absolute atomic E-state index is 13.9. The van der Waals surface area contributed by atoms with Crippen molar-refractivity contribution in [2.75, 3.05) is 24.6 Å². The third-order valence-corrected chi connectivity index (χ3v) is 9.14. The second kappa shape index (κ2) is 14.5. The molecule has 0 saturated heterocycles. The highest BCUT2D eigenvalue weighted by molar-refractivity contribution is 7.89. The van der Waals surface area contributed by atoms with E-state index in [1.165, 1.54) is 22.5 Å². The van der Waals surface area contributed by atoms with Gasteiger partial charge in [0.15, 0.2) is 0 Å². The van der Waals surface area contributed by atoms with Gasteiger partial charge in [0, 0.05) is 32.2 Å². The fraction of sp³-hybridized carbons (Fsp3) is 0.294. The van der Waals surface area contributed by atoms with Crippen LogP contribution in [0.3, 0.4) is 0 Å². The minimum Gasteiger partial charge on any atom is -0.397 e. The molecule has 0 bridgehead atoms. The Morgan fingerprint density at radius 2 is 1.19 bits per heavy atom. The van der Waals surface area contributed by atoms with Crippen LogP contribution in [-0.4, -0.2) is 48.0 Å². The molecule has 0 amide bonds. The lowest BCUT2D eigenvalue weighted by Gasteiger charge is -2.37. The first-order chi connectivity index (χ1) is 20.1. The van der Waals surface area contributed by atoms with E-state index in [1.807, 2.05) is 80.6 Å². The quantitative estimate of drug-likeness (QED) is 0.176. The topological polar surface area (TPSA) is 113 Å². The summed E-state index contributed by atoms with van der Waals surface area (Å²) in [6, 6.07) is 34.3. The number of nitrogens with zero attached hydrogens (tertiary/aromatic N) is 2. The van der Waals surface area contributed by atoms with Gasteiger partial charge in [-0.05, 0) is 47.2 Å². The summed E-state index contributed by atoms with van der Waals surface area (Å²) in [7, 11) is -3.96. The summed E-state index contributed by atoms with van der Waals surface area (Å²) in [5, 5.41) is 12.0. The molecular weight excluding hydrogens is 544 g/mol. The molecular formula is C34H42N4O3S. The summed E-state index contributed by atoms with van der Waals surface area (Å²) in [4.78, 5) is 2.32. The van der Waals surface area contributed by atoms with Crippen LogP contribution in [0.15, 0.2) is 114 Å². The molecule has 0 spiro atoms. The molecule has 5 N–H and O–H groups in total. The zero-order valence-corrected chi connectivity index (χ0v) is 25.2. The number of aliphatic hydroxyl groups excluding tert-OH is 1. The maximum atomic E-state index is 13.9. The van der Waals surface area contributed by atoms with E-state index in [2.05, 4.69) is 29.2 Å². The number of hydrogen-bond donors (Lipinski definition) is 3. The Balaban J connectivity index is 1.71. The molecule has 2 atom stereocenters. The van der Waals surface area contributed by atoms with Gasteiger partial charge in [-0.15, -0.1) is 0 Å². The number of sulfonamides is 1. The van der Waals surface area contributed by atoms with Gasteiger partial charge in [-0.2, -0.15) is 4.31 Å². The Morgan fingerprint density at radius 3 is 1.67 bits per heavy atom. The van der Waals surface area contributed by atoms with Gasteiger partial charge < -0.3 is 16.6 Å². The fourth-order valence-electron chi connectivity index (χ4n) is 5.16. The summed E-state index contributed by atoms with van der Waals surface area (Å²) in [5.41, 5.74) is 15.7. The molecule has 2 unspecified atom stereocenters. The Kier molecular flexibility index (Phi) is 10.8. The number of hydrogen-bond acceptors (Lipinski definition) is 6. The molecule has 0 saturated carbocycles. The normalized spacial score (nSPS) is 13.5. The van der Waals surface area contributed by atoms with Crippen LogP contribution in [0.4, 0.5) is 11.4 Å². The first-order valence-corrected chi connectivity index (χ1v) is 15.8. The summed E-state index contributed by atoms with van der Waals surface area (Å²) >= 11 is 0. The number of rotatable bonds is 14. The van der Waals surface area contributed by atoms with Crippen molar-refractivity contribution in [2.45, 2.75) is 50.4 Å². The standard InChI is InChI=1S/C34H42N4O3S/c1-26(2)22-38(42(40,41)30-18-19-31(35)32(36)21-30)25-34(39)33(20-27-12-6-3-7-13-27)37(23-28-14-8-4-9-15-28)24-29-16-10-5-11-17-29/h3-19,21,26,33-34,39H,20,22-25,35-36H2,1-2H3. The average molecular weight is 587 g/mol. The smallest absolute Gasteiger partial charge is 0.243 e. The van der Waals surface area contributed by atoms with Crippen LogP contribution in [0.5, 0.6) is 0 Å². The highest BCUT2D eigenvalue weighted by Gasteiger charge is 2.33. The van der Waals surface area contributed by atoms with Crippen LogP contribution in [0, 0.1) is 5.92 Å². The molecule has 222 valence electrons. The number of aliphatic hydroxyl groups is 1. The second-order valence-electron chi connectivity index (χ2n) is 11.2. The molecule has 8 heteroatoms. The lowest BCUT2D eigenvalue weighted by Crippen LogP contribution is -2.50. The monoisotopic (exact) mass is 586 g/mol. The molecule has 4 aromatic rings. The van der Waals surface area contributed by atoms with E-state index in [9.17, 15) is 13.5 Å². The van der Waals surface area contributed by atoms with Crippen LogP contribution < -0.4 is 11.5 Å². The van der Waals surface area contributed by atoms with Crippen LogP contribution in [0.25, 0.3) is 0 Å². The van der Waals surface area contributed by atoms with E-state index >= 15 is 0 Å². The van der Waals surface area contributed by atoms with Crippen molar-refractivity contribution in [1.82, 2.24) is 9.21 Å². The van der Waals surface area contributed by atoms with E-state index in [4.69, 9.17) is 11.5 Å². The number of nitrogen functional groups attached to an aromatic ring is 2. The highest BCUT2D eigenvalue weighted by atomic mass is 32.2. The minimum absolute atomic E-state index is 0.0374. The van der Waals surface area contributed by atoms with E-state index in [1.54, 1.807) is 0 Å². The van der Waals surface area contributed by atoms with Gasteiger partial charge in [0.1, 0.15) is 0 Å². The van der Waals surface area contributed by atoms with Gasteiger partial charge in [-0.3, -0.25) is 4.90 Å². The summed E-state index contributed by atoms with van der Waals surface area (Å²) in [6.45, 7) is 5.29. The van der Waals surface area contributed by atoms with Gasteiger partial charge in [-0.25, -0.2) is 8.42 Å². The highest BCUT2D eigenvalue weighted by Crippen LogP contribution is 2.26. The Bertz CT molecular complexity index is 1460. The van der Waals surface area contributed by atoms with Crippen molar-refractivity contribution >= 4 is 21.4 Å². The van der Waals surface area contributed by atoms with Gasteiger partial charge in [-0.1, -0.05) is 105 Å².